The second kappa shape index (κ2) is 5.52. The molecule has 2 aromatic rings. The maximum absolute atomic E-state index is 12.7. The molecule has 136 valence electrons. The van der Waals surface area contributed by atoms with Crippen LogP contribution in [0.4, 0.5) is 5.69 Å². The van der Waals surface area contributed by atoms with E-state index in [1.807, 2.05) is 4.57 Å². The third-order valence-corrected chi connectivity index (χ3v) is 5.73. The van der Waals surface area contributed by atoms with Gasteiger partial charge in [0, 0.05) is 30.4 Å². The third kappa shape index (κ3) is 2.18. The van der Waals surface area contributed by atoms with Crippen molar-refractivity contribution in [1.82, 2.24) is 9.55 Å². The maximum Gasteiger partial charge on any atom is 0.341 e. The van der Waals surface area contributed by atoms with Crippen LogP contribution >= 0.6 is 0 Å². The van der Waals surface area contributed by atoms with Crippen LogP contribution in [0, 0.1) is 0 Å². The van der Waals surface area contributed by atoms with E-state index < -0.39 is 11.4 Å². The fraction of sp³-hybridized carbons (Fsp3) is 0.500. The number of carbonyl (C=O) groups is 1. The number of anilines is 1. The molecule has 0 radical (unpaired) electrons. The van der Waals surface area contributed by atoms with Gasteiger partial charge < -0.3 is 25.0 Å². The van der Waals surface area contributed by atoms with Gasteiger partial charge in [-0.2, -0.15) is 0 Å². The lowest BCUT2D eigenvalue weighted by atomic mass is 10.1. The number of carboxylic acid groups (broad SMARTS) is 1. The van der Waals surface area contributed by atoms with Crippen LogP contribution in [0.5, 0.6) is 0 Å². The molecule has 26 heavy (non-hydrogen) atoms. The molecule has 0 unspecified atom stereocenters. The number of hydrogen-bond donors (Lipinski definition) is 2. The summed E-state index contributed by atoms with van der Waals surface area (Å²) < 4.78 is 7.83. The Morgan fingerprint density at radius 3 is 2.88 bits per heavy atom. The van der Waals surface area contributed by atoms with E-state index in [4.69, 9.17) is 10.5 Å². The van der Waals surface area contributed by atoms with Gasteiger partial charge in [-0.25, -0.2) is 9.78 Å². The van der Waals surface area contributed by atoms with Crippen molar-refractivity contribution < 1.29 is 14.6 Å². The van der Waals surface area contributed by atoms with E-state index in [1.165, 1.54) is 6.20 Å². The number of carboxylic acids is 1. The normalized spacial score (nSPS) is 25.0. The number of aromatic nitrogens is 2. The average molecular weight is 356 g/mol. The van der Waals surface area contributed by atoms with Crippen LogP contribution in [0.1, 0.15) is 41.2 Å². The average Bonchev–Trinajstić information content (AvgIpc) is 3.41. The number of nitrogens with zero attached hydrogens (tertiary/aromatic N) is 3. The van der Waals surface area contributed by atoms with Gasteiger partial charge in [-0.3, -0.25) is 4.79 Å². The first-order chi connectivity index (χ1) is 12.6. The summed E-state index contributed by atoms with van der Waals surface area (Å²) in [4.78, 5) is 30.8. The zero-order valence-corrected chi connectivity index (χ0v) is 14.2. The van der Waals surface area contributed by atoms with E-state index in [0.29, 0.717) is 18.7 Å². The molecule has 3 N–H and O–H groups in total. The van der Waals surface area contributed by atoms with Gasteiger partial charge in [-0.15, -0.1) is 0 Å². The van der Waals surface area contributed by atoms with Crippen LogP contribution in [0.15, 0.2) is 17.2 Å². The van der Waals surface area contributed by atoms with Gasteiger partial charge in [0.25, 0.3) is 0 Å². The van der Waals surface area contributed by atoms with Crippen LogP contribution < -0.4 is 16.1 Å². The standard InChI is InChI=1S/C18H20N4O4/c19-12-3-4-21-13-5-20-15-16(11(13)7-26-8-14(12)21)22(9-1-2-9)6-10(17(15)23)18(24)25/h5-6,9,12,14H,1-4,7-8,19H2,(H,24,25)/t12-,14-/m1/s1. The second-order valence-electron chi connectivity index (χ2n) is 7.36. The first-order valence-electron chi connectivity index (χ1n) is 8.96. The van der Waals surface area contributed by atoms with Crippen LogP contribution in [-0.2, 0) is 11.3 Å². The van der Waals surface area contributed by atoms with Gasteiger partial charge in [0.1, 0.15) is 11.1 Å². The molecule has 1 saturated carbocycles. The van der Waals surface area contributed by atoms with Crippen molar-refractivity contribution in [2.75, 3.05) is 18.1 Å². The lowest BCUT2D eigenvalue weighted by Gasteiger charge is -2.27. The zero-order valence-electron chi connectivity index (χ0n) is 14.2. The molecule has 3 aliphatic rings. The number of hydrogen-bond acceptors (Lipinski definition) is 6. The first kappa shape index (κ1) is 15.8. The minimum Gasteiger partial charge on any atom is -0.477 e. The van der Waals surface area contributed by atoms with E-state index in [1.54, 1.807) is 6.20 Å². The second-order valence-corrected chi connectivity index (χ2v) is 7.36. The monoisotopic (exact) mass is 356 g/mol. The minimum absolute atomic E-state index is 0.0525. The summed E-state index contributed by atoms with van der Waals surface area (Å²) in [5.41, 5.74) is 8.24. The van der Waals surface area contributed by atoms with Crippen molar-refractivity contribution in [1.29, 1.82) is 0 Å². The third-order valence-electron chi connectivity index (χ3n) is 5.73. The molecule has 2 fully saturated rings. The van der Waals surface area contributed by atoms with Crippen molar-refractivity contribution >= 4 is 22.7 Å². The molecular formula is C18H20N4O4. The number of aromatic carboxylic acids is 1. The fourth-order valence-electron chi connectivity index (χ4n) is 4.22. The molecule has 2 aromatic heterocycles. The summed E-state index contributed by atoms with van der Waals surface area (Å²) in [6.45, 7) is 1.74. The molecule has 1 aliphatic carbocycles. The summed E-state index contributed by atoms with van der Waals surface area (Å²) in [6, 6.07) is 0.371. The summed E-state index contributed by atoms with van der Waals surface area (Å²) in [7, 11) is 0. The molecule has 1 saturated heterocycles. The number of ether oxygens (including phenoxy) is 1. The molecule has 2 atom stereocenters. The molecule has 0 spiro atoms. The molecule has 0 amide bonds. The number of nitrogens with two attached hydrogens (primary N) is 1. The van der Waals surface area contributed by atoms with Gasteiger partial charge in [0.15, 0.2) is 0 Å². The van der Waals surface area contributed by atoms with Crippen molar-refractivity contribution in [3.05, 3.63) is 33.7 Å². The highest BCUT2D eigenvalue weighted by atomic mass is 16.5. The van der Waals surface area contributed by atoms with E-state index in [0.717, 1.165) is 37.1 Å². The Bertz CT molecular complexity index is 981. The molecule has 8 nitrogen and oxygen atoms in total. The van der Waals surface area contributed by atoms with Crippen molar-refractivity contribution in [3.63, 3.8) is 0 Å². The lowest BCUT2D eigenvalue weighted by Crippen LogP contribution is -2.42. The summed E-state index contributed by atoms with van der Waals surface area (Å²) in [5, 5.41) is 9.40. The smallest absolute Gasteiger partial charge is 0.341 e. The number of pyridine rings is 2. The van der Waals surface area contributed by atoms with Crippen molar-refractivity contribution in [2.24, 2.45) is 5.73 Å². The molecular weight excluding hydrogens is 336 g/mol. The van der Waals surface area contributed by atoms with Crippen molar-refractivity contribution in [3.8, 4) is 0 Å². The predicted molar refractivity (Wildman–Crippen MR) is 94.6 cm³/mol. The van der Waals surface area contributed by atoms with Crippen LogP contribution in [-0.4, -0.2) is 45.9 Å². The number of rotatable bonds is 2. The number of fused-ring (bicyclic) bond motifs is 5. The molecule has 0 aromatic carbocycles. The van der Waals surface area contributed by atoms with Gasteiger partial charge in [-0.05, 0) is 19.3 Å². The molecule has 5 rings (SSSR count). The van der Waals surface area contributed by atoms with E-state index in [-0.39, 0.29) is 29.2 Å². The predicted octanol–water partition coefficient (Wildman–Crippen LogP) is 0.866. The highest BCUT2D eigenvalue weighted by Crippen LogP contribution is 2.40. The largest absolute Gasteiger partial charge is 0.477 e. The van der Waals surface area contributed by atoms with E-state index >= 15 is 0 Å². The van der Waals surface area contributed by atoms with E-state index in [9.17, 15) is 14.7 Å². The van der Waals surface area contributed by atoms with Crippen LogP contribution in [0.2, 0.25) is 0 Å². The Morgan fingerprint density at radius 1 is 1.35 bits per heavy atom. The Labute approximate surface area is 149 Å². The van der Waals surface area contributed by atoms with Gasteiger partial charge in [0.2, 0.25) is 5.43 Å². The zero-order chi connectivity index (χ0) is 18.0. The highest BCUT2D eigenvalue weighted by molar-refractivity contribution is 5.93. The van der Waals surface area contributed by atoms with Crippen molar-refractivity contribution in [2.45, 2.75) is 44.0 Å². The highest BCUT2D eigenvalue weighted by Gasteiger charge is 2.37. The topological polar surface area (TPSA) is 111 Å². The summed E-state index contributed by atoms with van der Waals surface area (Å²) in [6.07, 6.45) is 5.99. The summed E-state index contributed by atoms with van der Waals surface area (Å²) >= 11 is 0. The minimum atomic E-state index is -1.22. The Hall–Kier alpha value is -2.45. The molecule has 4 heterocycles. The molecule has 0 bridgehead atoms. The van der Waals surface area contributed by atoms with Gasteiger partial charge in [-0.1, -0.05) is 0 Å². The van der Waals surface area contributed by atoms with Crippen LogP contribution in [0.25, 0.3) is 11.0 Å². The van der Waals surface area contributed by atoms with Crippen LogP contribution in [0.3, 0.4) is 0 Å². The Kier molecular flexibility index (Phi) is 3.35. The Balaban J connectivity index is 1.81. The Morgan fingerprint density at radius 2 is 2.15 bits per heavy atom. The first-order valence-corrected chi connectivity index (χ1v) is 8.96. The SMILES string of the molecule is N[C@@H]1CCN2c3cnc4c(=O)c(C(=O)O)cn(C5CC5)c4c3COC[C@H]12. The molecule has 8 heteroatoms. The summed E-state index contributed by atoms with van der Waals surface area (Å²) in [5.74, 6) is -1.22. The maximum atomic E-state index is 12.7. The fourth-order valence-corrected chi connectivity index (χ4v) is 4.22. The van der Waals surface area contributed by atoms with E-state index in [2.05, 4.69) is 9.88 Å². The molecule has 2 aliphatic heterocycles. The lowest BCUT2D eigenvalue weighted by molar-refractivity contribution is 0.0695. The quantitative estimate of drug-likeness (QED) is 0.821. The van der Waals surface area contributed by atoms with Gasteiger partial charge >= 0.3 is 5.97 Å². The van der Waals surface area contributed by atoms with Gasteiger partial charge in [0.05, 0.1) is 36.7 Å².